The van der Waals surface area contributed by atoms with E-state index in [-0.39, 0.29) is 0 Å². The van der Waals surface area contributed by atoms with Gasteiger partial charge >= 0.3 is 0 Å². The zero-order valence-corrected chi connectivity index (χ0v) is 40.1. The average Bonchev–Trinajstić information content (AvgIpc) is 4.01. The van der Waals surface area contributed by atoms with E-state index < -0.39 is 5.41 Å². The molecule has 342 valence electrons. The summed E-state index contributed by atoms with van der Waals surface area (Å²) in [5.41, 5.74) is 21.0. The highest BCUT2D eigenvalue weighted by molar-refractivity contribution is 6.19. The van der Waals surface area contributed by atoms with Crippen LogP contribution in [0.3, 0.4) is 0 Å². The first-order valence-corrected chi connectivity index (χ1v) is 25.2. The van der Waals surface area contributed by atoms with Crippen LogP contribution in [0, 0.1) is 0 Å². The average molecular weight is 929 g/mol. The van der Waals surface area contributed by atoms with E-state index in [1.807, 2.05) is 0 Å². The van der Waals surface area contributed by atoms with Crippen LogP contribution in [0.1, 0.15) is 22.3 Å². The molecule has 1 aliphatic carbocycles. The molecule has 0 aliphatic heterocycles. The Morgan fingerprint density at radius 2 is 0.781 bits per heavy atom. The van der Waals surface area contributed by atoms with Gasteiger partial charge in [-0.25, -0.2) is 0 Å². The van der Waals surface area contributed by atoms with Crippen molar-refractivity contribution in [3.05, 3.63) is 313 Å². The first-order chi connectivity index (χ1) is 36.2. The Hall–Kier alpha value is -9.50. The number of rotatable bonds is 9. The third kappa shape index (κ3) is 6.87. The first-order valence-electron chi connectivity index (χ1n) is 25.2. The van der Waals surface area contributed by atoms with Crippen LogP contribution < -0.4 is 4.90 Å². The second-order valence-electron chi connectivity index (χ2n) is 19.2. The molecule has 14 rings (SSSR count). The van der Waals surface area contributed by atoms with E-state index >= 15 is 0 Å². The summed E-state index contributed by atoms with van der Waals surface area (Å²) in [5.74, 6) is 0. The third-order valence-electron chi connectivity index (χ3n) is 15.3. The van der Waals surface area contributed by atoms with Crippen molar-refractivity contribution in [1.82, 2.24) is 4.57 Å². The standard InChI is InChI=1S/C71H48N2/c1-5-19-50(20-6-1)60-28-15-16-29-61(60)52-35-41-58(42-36-52)72(59-43-46-64-63-31-17-18-32-67(63)71(68(64)48-59,54-22-7-2-8-23-54)55-24-9-3-10-25-55)57-39-33-49(34-40-57)53-38-44-65-66-45-37-51-21-13-14-30-62(51)70(66)73(69(65)47-53)56-26-11-4-12-27-56/h1-48H. The van der Waals surface area contributed by atoms with Crippen molar-refractivity contribution in [3.8, 4) is 50.2 Å². The van der Waals surface area contributed by atoms with Gasteiger partial charge in [-0.3, -0.25) is 0 Å². The van der Waals surface area contributed by atoms with Gasteiger partial charge in [-0.15, -0.1) is 0 Å². The lowest BCUT2D eigenvalue weighted by Crippen LogP contribution is -2.28. The molecule has 1 heterocycles. The van der Waals surface area contributed by atoms with Crippen LogP contribution in [0.4, 0.5) is 17.1 Å². The lowest BCUT2D eigenvalue weighted by molar-refractivity contribution is 0.768. The Bertz CT molecular complexity index is 4120. The lowest BCUT2D eigenvalue weighted by Gasteiger charge is -2.35. The van der Waals surface area contributed by atoms with E-state index in [1.165, 1.54) is 93.8 Å². The van der Waals surface area contributed by atoms with Crippen LogP contribution in [-0.2, 0) is 5.41 Å². The van der Waals surface area contributed by atoms with Gasteiger partial charge in [0, 0.05) is 38.9 Å². The van der Waals surface area contributed by atoms with E-state index in [9.17, 15) is 0 Å². The normalized spacial score (nSPS) is 12.5. The molecule has 0 atom stereocenters. The Labute approximate surface area is 426 Å². The van der Waals surface area contributed by atoms with Crippen molar-refractivity contribution in [2.45, 2.75) is 5.41 Å². The highest BCUT2D eigenvalue weighted by Gasteiger charge is 2.46. The Balaban J connectivity index is 0.935. The zero-order chi connectivity index (χ0) is 48.3. The SMILES string of the molecule is c1ccc(-c2ccccc2-c2ccc(N(c3ccc(-c4ccc5c6ccc7ccccc7c6n(-c6ccccc6)c5c4)cc3)c3ccc4c(c3)C(c3ccccc3)(c3ccccc3)c3ccccc3-4)cc2)cc1. The molecule has 2 nitrogen and oxygen atoms in total. The van der Waals surface area contributed by atoms with Gasteiger partial charge in [0.15, 0.2) is 0 Å². The summed E-state index contributed by atoms with van der Waals surface area (Å²) >= 11 is 0. The zero-order valence-electron chi connectivity index (χ0n) is 40.1. The van der Waals surface area contributed by atoms with E-state index in [4.69, 9.17) is 0 Å². The van der Waals surface area contributed by atoms with Gasteiger partial charge in [0.2, 0.25) is 0 Å². The largest absolute Gasteiger partial charge is 0.310 e. The summed E-state index contributed by atoms with van der Waals surface area (Å²) in [4.78, 5) is 2.43. The van der Waals surface area contributed by atoms with E-state index in [1.54, 1.807) is 0 Å². The maximum Gasteiger partial charge on any atom is 0.0714 e. The number of benzene rings is 12. The van der Waals surface area contributed by atoms with Crippen molar-refractivity contribution in [2.75, 3.05) is 4.90 Å². The molecule has 0 saturated carbocycles. The third-order valence-corrected chi connectivity index (χ3v) is 15.3. The molecule has 0 saturated heterocycles. The highest BCUT2D eigenvalue weighted by atomic mass is 15.1. The van der Waals surface area contributed by atoms with E-state index in [2.05, 4.69) is 301 Å². The molecule has 0 unspecified atom stereocenters. The monoisotopic (exact) mass is 928 g/mol. The summed E-state index contributed by atoms with van der Waals surface area (Å²) in [6.45, 7) is 0. The minimum Gasteiger partial charge on any atom is -0.310 e. The van der Waals surface area contributed by atoms with Gasteiger partial charge in [-0.05, 0) is 127 Å². The highest BCUT2D eigenvalue weighted by Crippen LogP contribution is 2.57. The van der Waals surface area contributed by atoms with Crippen molar-refractivity contribution < 1.29 is 0 Å². The fraction of sp³-hybridized carbons (Fsp3) is 0.0141. The van der Waals surface area contributed by atoms with Gasteiger partial charge in [0.25, 0.3) is 0 Å². The molecule has 0 spiro atoms. The van der Waals surface area contributed by atoms with Gasteiger partial charge in [0.05, 0.1) is 16.4 Å². The summed E-state index contributed by atoms with van der Waals surface area (Å²) in [6.07, 6.45) is 0. The van der Waals surface area contributed by atoms with Gasteiger partial charge < -0.3 is 9.47 Å². The molecule has 1 aliphatic rings. The quantitative estimate of drug-likeness (QED) is 0.140. The fourth-order valence-electron chi connectivity index (χ4n) is 12.0. The summed E-state index contributed by atoms with van der Waals surface area (Å²) in [7, 11) is 0. The summed E-state index contributed by atoms with van der Waals surface area (Å²) in [5, 5.41) is 4.98. The molecule has 12 aromatic carbocycles. The van der Waals surface area contributed by atoms with Gasteiger partial charge in [0.1, 0.15) is 0 Å². The second-order valence-corrected chi connectivity index (χ2v) is 19.2. The number of hydrogen-bond acceptors (Lipinski definition) is 1. The van der Waals surface area contributed by atoms with Crippen LogP contribution in [0.15, 0.2) is 291 Å². The molecule has 2 heteroatoms. The fourth-order valence-corrected chi connectivity index (χ4v) is 12.0. The second kappa shape index (κ2) is 17.4. The maximum absolute atomic E-state index is 2.46. The number of para-hydroxylation sites is 1. The van der Waals surface area contributed by atoms with Crippen LogP contribution in [0.2, 0.25) is 0 Å². The van der Waals surface area contributed by atoms with Crippen molar-refractivity contribution >= 4 is 49.6 Å². The number of fused-ring (bicyclic) bond motifs is 8. The van der Waals surface area contributed by atoms with Crippen molar-refractivity contribution in [3.63, 3.8) is 0 Å². The Kier molecular flexibility index (Phi) is 10.1. The number of hydrogen-bond donors (Lipinski definition) is 0. The molecule has 0 radical (unpaired) electrons. The van der Waals surface area contributed by atoms with Crippen LogP contribution in [0.5, 0.6) is 0 Å². The molecule has 0 fully saturated rings. The number of anilines is 3. The summed E-state index contributed by atoms with van der Waals surface area (Å²) in [6, 6.07) is 107. The Morgan fingerprint density at radius 1 is 0.288 bits per heavy atom. The van der Waals surface area contributed by atoms with Crippen molar-refractivity contribution in [2.24, 2.45) is 0 Å². The maximum atomic E-state index is 2.46. The summed E-state index contributed by atoms with van der Waals surface area (Å²) < 4.78 is 2.45. The van der Waals surface area contributed by atoms with E-state index in [0.717, 1.165) is 28.3 Å². The molecule has 0 N–H and O–H groups in total. The van der Waals surface area contributed by atoms with Gasteiger partial charge in [-0.2, -0.15) is 0 Å². The lowest BCUT2D eigenvalue weighted by atomic mass is 9.67. The molecule has 0 amide bonds. The molecule has 13 aromatic rings. The predicted molar refractivity (Wildman–Crippen MR) is 307 cm³/mol. The van der Waals surface area contributed by atoms with Crippen LogP contribution in [-0.4, -0.2) is 4.57 Å². The molecular formula is C71H48N2. The van der Waals surface area contributed by atoms with E-state index in [0.29, 0.717) is 0 Å². The number of nitrogens with zero attached hydrogens (tertiary/aromatic N) is 2. The molecule has 73 heavy (non-hydrogen) atoms. The molecule has 1 aromatic heterocycles. The van der Waals surface area contributed by atoms with Crippen molar-refractivity contribution in [1.29, 1.82) is 0 Å². The van der Waals surface area contributed by atoms with Crippen LogP contribution in [0.25, 0.3) is 82.8 Å². The van der Waals surface area contributed by atoms with Gasteiger partial charge in [-0.1, -0.05) is 237 Å². The van der Waals surface area contributed by atoms with Crippen LogP contribution >= 0.6 is 0 Å². The minimum atomic E-state index is -0.530. The predicted octanol–water partition coefficient (Wildman–Crippen LogP) is 18.8. The molecular weight excluding hydrogens is 881 g/mol. The molecule has 0 bridgehead atoms. The topological polar surface area (TPSA) is 8.17 Å². The Morgan fingerprint density at radius 3 is 1.45 bits per heavy atom. The number of aromatic nitrogens is 1. The smallest absolute Gasteiger partial charge is 0.0714 e. The first kappa shape index (κ1) is 42.4. The minimum absolute atomic E-state index is 0.530.